The average Bonchev–Trinajstić information content (AvgIpc) is 3.47. The van der Waals surface area contributed by atoms with Crippen LogP contribution in [0.25, 0.3) is 54.0 Å². The minimum Gasteiger partial charge on any atom is -0.254 e. The minimum atomic E-state index is 0.862. The first-order valence-corrected chi connectivity index (χ1v) is 10.6. The molecule has 0 radical (unpaired) electrons. The second-order valence-corrected chi connectivity index (χ2v) is 8.27. The quantitative estimate of drug-likeness (QED) is 0.328. The molecule has 0 N–H and O–H groups in total. The molecule has 0 aliphatic rings. The molecular formula is C22H12N4S2. The van der Waals surface area contributed by atoms with Crippen LogP contribution < -0.4 is 0 Å². The molecule has 1 aromatic carbocycles. The molecule has 0 atom stereocenters. The van der Waals surface area contributed by atoms with Crippen LogP contribution in [0.4, 0.5) is 0 Å². The molecular weight excluding hydrogens is 384 g/mol. The maximum atomic E-state index is 5.14. The Morgan fingerprint density at radius 3 is 1.46 bits per heavy atom. The number of thiophene rings is 2. The van der Waals surface area contributed by atoms with Crippen LogP contribution >= 0.6 is 22.7 Å². The Kier molecular flexibility index (Phi) is 3.47. The van der Waals surface area contributed by atoms with Crippen molar-refractivity contribution in [3.63, 3.8) is 0 Å². The Labute approximate surface area is 168 Å². The van der Waals surface area contributed by atoms with Crippen molar-refractivity contribution in [3.05, 3.63) is 71.7 Å². The van der Waals surface area contributed by atoms with Crippen molar-refractivity contribution in [2.75, 3.05) is 0 Å². The van der Waals surface area contributed by atoms with Crippen LogP contribution in [0.1, 0.15) is 0 Å². The van der Waals surface area contributed by atoms with E-state index in [1.807, 2.05) is 24.3 Å². The zero-order chi connectivity index (χ0) is 18.5. The van der Waals surface area contributed by atoms with Crippen molar-refractivity contribution >= 4 is 55.5 Å². The van der Waals surface area contributed by atoms with Crippen molar-refractivity contribution < 1.29 is 0 Å². The molecule has 0 amide bonds. The van der Waals surface area contributed by atoms with Crippen LogP contribution in [-0.4, -0.2) is 19.9 Å². The van der Waals surface area contributed by atoms with E-state index in [4.69, 9.17) is 9.97 Å². The van der Waals surface area contributed by atoms with Gasteiger partial charge in [0.2, 0.25) is 0 Å². The molecule has 0 aliphatic carbocycles. The van der Waals surface area contributed by atoms with Crippen LogP contribution in [0.5, 0.6) is 0 Å². The zero-order valence-corrected chi connectivity index (χ0v) is 16.2. The number of pyridine rings is 2. The highest BCUT2D eigenvalue weighted by Gasteiger charge is 2.19. The predicted molar refractivity (Wildman–Crippen MR) is 117 cm³/mol. The third-order valence-electron chi connectivity index (χ3n) is 4.75. The van der Waals surface area contributed by atoms with Gasteiger partial charge in [-0.1, -0.05) is 12.1 Å². The molecule has 0 unspecified atom stereocenters. The van der Waals surface area contributed by atoms with E-state index in [0.717, 1.165) is 54.0 Å². The zero-order valence-electron chi connectivity index (χ0n) is 14.5. The van der Waals surface area contributed by atoms with E-state index >= 15 is 0 Å². The van der Waals surface area contributed by atoms with Crippen LogP contribution in [0.3, 0.4) is 0 Å². The lowest BCUT2D eigenvalue weighted by molar-refractivity contribution is 1.31. The van der Waals surface area contributed by atoms with E-state index in [-0.39, 0.29) is 0 Å². The number of aromatic nitrogens is 4. The lowest BCUT2D eigenvalue weighted by Gasteiger charge is -2.11. The van der Waals surface area contributed by atoms with Gasteiger partial charge in [-0.2, -0.15) is 0 Å². The van der Waals surface area contributed by atoms with E-state index in [2.05, 4.69) is 45.0 Å². The van der Waals surface area contributed by atoms with Crippen molar-refractivity contribution in [1.29, 1.82) is 0 Å². The van der Waals surface area contributed by atoms with E-state index in [9.17, 15) is 0 Å². The Morgan fingerprint density at radius 1 is 0.536 bits per heavy atom. The standard InChI is InChI=1S/C22H12N4S2/c1-5-13-17(23-9-1)18-14(6-2-10-24-18)20-19(13)25-21(15-7-3-11-27-15)22(26-20)16-8-4-12-28-16/h1-12H. The third kappa shape index (κ3) is 2.28. The van der Waals surface area contributed by atoms with Crippen molar-refractivity contribution in [1.82, 2.24) is 19.9 Å². The first-order valence-electron chi connectivity index (χ1n) is 8.81. The Hall–Kier alpha value is -3.22. The van der Waals surface area contributed by atoms with E-state index in [0.29, 0.717) is 0 Å². The first-order chi connectivity index (χ1) is 13.9. The molecule has 0 saturated heterocycles. The van der Waals surface area contributed by atoms with Crippen LogP contribution in [-0.2, 0) is 0 Å². The number of nitrogens with zero attached hydrogens (tertiary/aromatic N) is 4. The average molecular weight is 397 g/mol. The molecule has 6 rings (SSSR count). The maximum absolute atomic E-state index is 5.14. The summed E-state index contributed by atoms with van der Waals surface area (Å²) in [5.41, 5.74) is 5.29. The first kappa shape index (κ1) is 15.8. The van der Waals surface area contributed by atoms with Gasteiger partial charge in [0, 0.05) is 23.2 Å². The fourth-order valence-electron chi connectivity index (χ4n) is 3.55. The molecule has 0 bridgehead atoms. The Bertz CT molecular complexity index is 1340. The Balaban J connectivity index is 1.86. The van der Waals surface area contributed by atoms with E-state index in [1.165, 1.54) is 0 Å². The summed E-state index contributed by atoms with van der Waals surface area (Å²) < 4.78 is 0. The maximum Gasteiger partial charge on any atom is 0.108 e. The summed E-state index contributed by atoms with van der Waals surface area (Å²) in [6, 6.07) is 16.3. The van der Waals surface area contributed by atoms with Gasteiger partial charge < -0.3 is 0 Å². The lowest BCUT2D eigenvalue weighted by Crippen LogP contribution is -1.97. The van der Waals surface area contributed by atoms with Gasteiger partial charge in [-0.3, -0.25) is 9.97 Å². The SMILES string of the molecule is c1csc(-c2nc3c4cccnc4c4ncccc4c3nc2-c2cccs2)c1. The largest absolute Gasteiger partial charge is 0.254 e. The van der Waals surface area contributed by atoms with Gasteiger partial charge in [0.1, 0.15) is 11.4 Å². The van der Waals surface area contributed by atoms with E-state index < -0.39 is 0 Å². The van der Waals surface area contributed by atoms with Crippen LogP contribution in [0.2, 0.25) is 0 Å². The molecule has 6 aromatic rings. The fraction of sp³-hybridized carbons (Fsp3) is 0. The van der Waals surface area contributed by atoms with Crippen molar-refractivity contribution in [2.24, 2.45) is 0 Å². The highest BCUT2D eigenvalue weighted by molar-refractivity contribution is 7.14. The summed E-state index contributed by atoms with van der Waals surface area (Å²) in [6.45, 7) is 0. The smallest absolute Gasteiger partial charge is 0.108 e. The second-order valence-electron chi connectivity index (χ2n) is 6.37. The van der Waals surface area contributed by atoms with Crippen LogP contribution in [0.15, 0.2) is 71.7 Å². The predicted octanol–water partition coefficient (Wildman–Crippen LogP) is 6.18. The summed E-state index contributed by atoms with van der Waals surface area (Å²) in [5.74, 6) is 0. The minimum absolute atomic E-state index is 0.862. The second kappa shape index (κ2) is 6.15. The van der Waals surface area contributed by atoms with Crippen LogP contribution in [0, 0.1) is 0 Å². The summed E-state index contributed by atoms with van der Waals surface area (Å²) in [7, 11) is 0. The molecule has 5 aromatic heterocycles. The number of fused-ring (bicyclic) bond motifs is 6. The molecule has 0 fully saturated rings. The topological polar surface area (TPSA) is 51.6 Å². The molecule has 132 valence electrons. The number of rotatable bonds is 2. The highest BCUT2D eigenvalue weighted by atomic mass is 32.1. The van der Waals surface area contributed by atoms with Gasteiger partial charge in [-0.25, -0.2) is 9.97 Å². The molecule has 0 aliphatic heterocycles. The number of hydrogen-bond acceptors (Lipinski definition) is 6. The highest BCUT2D eigenvalue weighted by Crippen LogP contribution is 2.38. The van der Waals surface area contributed by atoms with Gasteiger partial charge in [0.05, 0.1) is 31.8 Å². The summed E-state index contributed by atoms with van der Waals surface area (Å²) >= 11 is 3.36. The molecule has 5 heterocycles. The lowest BCUT2D eigenvalue weighted by atomic mass is 10.1. The fourth-order valence-corrected chi connectivity index (χ4v) is 4.98. The number of hydrogen-bond donors (Lipinski definition) is 0. The summed E-state index contributed by atoms with van der Waals surface area (Å²) in [5, 5.41) is 6.10. The van der Waals surface area contributed by atoms with Gasteiger partial charge in [0.25, 0.3) is 0 Å². The molecule has 0 saturated carbocycles. The van der Waals surface area contributed by atoms with E-state index in [1.54, 1.807) is 35.1 Å². The van der Waals surface area contributed by atoms with Gasteiger partial charge in [-0.05, 0) is 47.2 Å². The molecule has 0 spiro atoms. The van der Waals surface area contributed by atoms with Crippen molar-refractivity contribution in [2.45, 2.75) is 0 Å². The molecule has 28 heavy (non-hydrogen) atoms. The summed E-state index contributed by atoms with van der Waals surface area (Å²) in [6.07, 6.45) is 3.60. The third-order valence-corrected chi connectivity index (χ3v) is 6.51. The normalized spacial score (nSPS) is 11.6. The number of benzene rings is 1. The van der Waals surface area contributed by atoms with Gasteiger partial charge >= 0.3 is 0 Å². The Morgan fingerprint density at radius 2 is 1.04 bits per heavy atom. The molecule has 4 nitrogen and oxygen atoms in total. The van der Waals surface area contributed by atoms with Crippen molar-refractivity contribution in [3.8, 4) is 21.1 Å². The molecule has 6 heteroatoms. The van der Waals surface area contributed by atoms with Gasteiger partial charge in [0.15, 0.2) is 0 Å². The monoisotopic (exact) mass is 396 g/mol. The summed E-state index contributed by atoms with van der Waals surface area (Å²) in [4.78, 5) is 21.7. The van der Waals surface area contributed by atoms with Gasteiger partial charge in [-0.15, -0.1) is 22.7 Å².